The van der Waals surface area contributed by atoms with Crippen molar-refractivity contribution in [1.29, 1.82) is 0 Å². The highest BCUT2D eigenvalue weighted by Gasteiger charge is 2.28. The van der Waals surface area contributed by atoms with Gasteiger partial charge in [0.15, 0.2) is 6.10 Å². The highest BCUT2D eigenvalue weighted by Crippen LogP contribution is 2.18. The molecular weight excluding hydrogens is 306 g/mol. The molecule has 132 valence electrons. The highest BCUT2D eigenvalue weighted by atomic mass is 16.5. The maximum Gasteiger partial charge on any atom is 0.263 e. The summed E-state index contributed by atoms with van der Waals surface area (Å²) in [7, 11) is 0. The molecule has 1 fully saturated rings. The lowest BCUT2D eigenvalue weighted by atomic mass is 10.2. The number of carbonyl (C=O) groups is 2. The van der Waals surface area contributed by atoms with Crippen molar-refractivity contribution < 1.29 is 14.3 Å². The van der Waals surface area contributed by atoms with Gasteiger partial charge in [0.1, 0.15) is 5.75 Å². The Morgan fingerprint density at radius 1 is 1.12 bits per heavy atom. The monoisotopic (exact) mass is 333 g/mol. The molecular formula is C18H27N3O3. The first-order valence-electron chi connectivity index (χ1n) is 8.43. The largest absolute Gasteiger partial charge is 0.481 e. The van der Waals surface area contributed by atoms with Crippen LogP contribution < -0.4 is 10.5 Å². The van der Waals surface area contributed by atoms with E-state index in [1.165, 1.54) is 0 Å². The molecule has 6 heteroatoms. The maximum atomic E-state index is 12.5. The van der Waals surface area contributed by atoms with Crippen LogP contribution in [-0.4, -0.2) is 59.9 Å². The molecule has 0 saturated carbocycles. The zero-order valence-corrected chi connectivity index (χ0v) is 14.7. The third kappa shape index (κ3) is 4.71. The first-order valence-corrected chi connectivity index (χ1v) is 8.43. The Labute approximate surface area is 143 Å². The van der Waals surface area contributed by atoms with Gasteiger partial charge in [0, 0.05) is 38.6 Å². The molecule has 1 aliphatic rings. The van der Waals surface area contributed by atoms with Crippen molar-refractivity contribution in [3.8, 4) is 5.75 Å². The number of amides is 2. The smallest absolute Gasteiger partial charge is 0.263 e. The zero-order chi connectivity index (χ0) is 17.7. The van der Waals surface area contributed by atoms with E-state index in [1.54, 1.807) is 16.7 Å². The van der Waals surface area contributed by atoms with Gasteiger partial charge in [-0.25, -0.2) is 0 Å². The summed E-state index contributed by atoms with van der Waals surface area (Å²) >= 11 is 0. The number of rotatable bonds is 5. The van der Waals surface area contributed by atoms with Crippen molar-refractivity contribution >= 4 is 11.8 Å². The standard InChI is InChI=1S/C18H27N3O3/c1-13-6-4-5-7-16(13)24-15(3)18(23)21-10-8-20(9-11-21)17(22)12-14(2)19/h4-7,14-15H,8-12,19H2,1-3H3. The van der Waals surface area contributed by atoms with E-state index in [1.807, 2.05) is 38.1 Å². The minimum atomic E-state index is -0.544. The number of aryl methyl sites for hydroxylation is 1. The van der Waals surface area contributed by atoms with E-state index >= 15 is 0 Å². The van der Waals surface area contributed by atoms with Gasteiger partial charge in [-0.15, -0.1) is 0 Å². The molecule has 2 N–H and O–H groups in total. The SMILES string of the molecule is Cc1ccccc1OC(C)C(=O)N1CCN(C(=O)CC(C)N)CC1. The number of carbonyl (C=O) groups excluding carboxylic acids is 2. The summed E-state index contributed by atoms with van der Waals surface area (Å²) in [5.74, 6) is 0.739. The van der Waals surface area contributed by atoms with Gasteiger partial charge in [-0.2, -0.15) is 0 Å². The van der Waals surface area contributed by atoms with Gasteiger partial charge in [0.25, 0.3) is 5.91 Å². The van der Waals surface area contributed by atoms with Crippen molar-refractivity contribution in [2.75, 3.05) is 26.2 Å². The van der Waals surface area contributed by atoms with E-state index in [0.29, 0.717) is 32.6 Å². The summed E-state index contributed by atoms with van der Waals surface area (Å²) < 4.78 is 5.80. The predicted octanol–water partition coefficient (Wildman–Crippen LogP) is 1.17. The Morgan fingerprint density at radius 2 is 1.71 bits per heavy atom. The van der Waals surface area contributed by atoms with Crippen LogP contribution in [0, 0.1) is 6.92 Å². The Morgan fingerprint density at radius 3 is 2.29 bits per heavy atom. The zero-order valence-electron chi connectivity index (χ0n) is 14.7. The Kier molecular flexibility index (Phi) is 6.20. The Bertz CT molecular complexity index is 581. The van der Waals surface area contributed by atoms with Gasteiger partial charge < -0.3 is 20.3 Å². The summed E-state index contributed by atoms with van der Waals surface area (Å²) in [6.07, 6.45) is -0.196. The number of nitrogens with zero attached hydrogens (tertiary/aromatic N) is 2. The molecule has 1 aromatic carbocycles. The first-order chi connectivity index (χ1) is 11.4. The van der Waals surface area contributed by atoms with Crippen molar-refractivity contribution in [3.05, 3.63) is 29.8 Å². The van der Waals surface area contributed by atoms with Gasteiger partial charge in [0.05, 0.1) is 0 Å². The quantitative estimate of drug-likeness (QED) is 0.878. The minimum Gasteiger partial charge on any atom is -0.481 e. The van der Waals surface area contributed by atoms with Crippen LogP contribution in [0.15, 0.2) is 24.3 Å². The van der Waals surface area contributed by atoms with E-state index in [4.69, 9.17) is 10.5 Å². The van der Waals surface area contributed by atoms with Crippen molar-refractivity contribution in [3.63, 3.8) is 0 Å². The molecule has 0 radical (unpaired) electrons. The summed E-state index contributed by atoms with van der Waals surface area (Å²) in [6.45, 7) is 7.71. The van der Waals surface area contributed by atoms with Gasteiger partial charge in [0.2, 0.25) is 5.91 Å². The number of piperazine rings is 1. The molecule has 1 aliphatic heterocycles. The summed E-state index contributed by atoms with van der Waals surface area (Å²) in [4.78, 5) is 28.1. The summed E-state index contributed by atoms with van der Waals surface area (Å²) in [5.41, 5.74) is 6.68. The third-order valence-corrected chi connectivity index (χ3v) is 4.19. The highest BCUT2D eigenvalue weighted by molar-refractivity contribution is 5.82. The van der Waals surface area contributed by atoms with Crippen LogP contribution in [0.4, 0.5) is 0 Å². The lowest BCUT2D eigenvalue weighted by Crippen LogP contribution is -2.53. The third-order valence-electron chi connectivity index (χ3n) is 4.19. The van der Waals surface area contributed by atoms with Gasteiger partial charge in [-0.3, -0.25) is 9.59 Å². The van der Waals surface area contributed by atoms with Crippen LogP contribution in [0.25, 0.3) is 0 Å². The predicted molar refractivity (Wildman–Crippen MR) is 92.7 cm³/mol. The van der Waals surface area contributed by atoms with E-state index in [2.05, 4.69) is 0 Å². The second-order valence-electron chi connectivity index (χ2n) is 6.41. The van der Waals surface area contributed by atoms with Crippen molar-refractivity contribution in [2.24, 2.45) is 5.73 Å². The first kappa shape index (κ1) is 18.3. The fourth-order valence-corrected chi connectivity index (χ4v) is 2.77. The fourth-order valence-electron chi connectivity index (χ4n) is 2.77. The Balaban J connectivity index is 1.86. The topological polar surface area (TPSA) is 75.9 Å². The van der Waals surface area contributed by atoms with Crippen molar-refractivity contribution in [1.82, 2.24) is 9.80 Å². The number of ether oxygens (including phenoxy) is 1. The average Bonchev–Trinajstić information content (AvgIpc) is 2.55. The van der Waals surface area contributed by atoms with E-state index in [0.717, 1.165) is 11.3 Å². The van der Waals surface area contributed by atoms with E-state index < -0.39 is 6.10 Å². The van der Waals surface area contributed by atoms with Crippen molar-refractivity contribution in [2.45, 2.75) is 39.3 Å². The van der Waals surface area contributed by atoms with Crippen LogP contribution in [0.3, 0.4) is 0 Å². The summed E-state index contributed by atoms with van der Waals surface area (Å²) in [6, 6.07) is 7.51. The van der Waals surface area contributed by atoms with E-state index in [-0.39, 0.29) is 17.9 Å². The number of nitrogens with two attached hydrogens (primary N) is 1. The molecule has 1 saturated heterocycles. The second-order valence-corrected chi connectivity index (χ2v) is 6.41. The minimum absolute atomic E-state index is 0.0439. The number of para-hydroxylation sites is 1. The lowest BCUT2D eigenvalue weighted by Gasteiger charge is -2.36. The molecule has 0 aromatic heterocycles. The molecule has 24 heavy (non-hydrogen) atoms. The normalized spacial score (nSPS) is 17.3. The average molecular weight is 333 g/mol. The second kappa shape index (κ2) is 8.15. The molecule has 0 aliphatic carbocycles. The number of benzene rings is 1. The molecule has 2 rings (SSSR count). The van der Waals surface area contributed by atoms with Crippen LogP contribution in [0.1, 0.15) is 25.8 Å². The van der Waals surface area contributed by atoms with E-state index in [9.17, 15) is 9.59 Å². The molecule has 2 unspecified atom stereocenters. The van der Waals surface area contributed by atoms with Gasteiger partial charge in [-0.1, -0.05) is 18.2 Å². The number of hydrogen-bond acceptors (Lipinski definition) is 4. The molecule has 6 nitrogen and oxygen atoms in total. The molecule has 1 heterocycles. The molecule has 1 aromatic rings. The summed E-state index contributed by atoms with van der Waals surface area (Å²) in [5, 5.41) is 0. The van der Waals surface area contributed by atoms with Crippen LogP contribution in [-0.2, 0) is 9.59 Å². The molecule has 2 atom stereocenters. The van der Waals surface area contributed by atoms with Gasteiger partial charge in [-0.05, 0) is 32.4 Å². The van der Waals surface area contributed by atoms with Crippen LogP contribution in [0.5, 0.6) is 5.75 Å². The fraction of sp³-hybridized carbons (Fsp3) is 0.556. The number of hydrogen-bond donors (Lipinski definition) is 1. The van der Waals surface area contributed by atoms with Crippen LogP contribution >= 0.6 is 0 Å². The molecule has 2 amide bonds. The maximum absolute atomic E-state index is 12.5. The van der Waals surface area contributed by atoms with Crippen LogP contribution in [0.2, 0.25) is 0 Å². The lowest BCUT2D eigenvalue weighted by molar-refractivity contribution is -0.143. The Hall–Kier alpha value is -2.08. The molecule has 0 bridgehead atoms. The van der Waals surface area contributed by atoms with Gasteiger partial charge >= 0.3 is 0 Å². The molecule has 0 spiro atoms.